The van der Waals surface area contributed by atoms with E-state index in [2.05, 4.69) is 5.32 Å². The number of rotatable bonds is 4. The van der Waals surface area contributed by atoms with Crippen LogP contribution < -0.4 is 5.32 Å². The second-order valence-corrected chi connectivity index (χ2v) is 6.26. The first-order valence-electron chi connectivity index (χ1n) is 7.02. The number of esters is 1. The van der Waals surface area contributed by atoms with Gasteiger partial charge in [-0.2, -0.15) is 0 Å². The molecule has 2 aliphatic heterocycles. The van der Waals surface area contributed by atoms with E-state index in [1.165, 1.54) is 7.11 Å². The largest absolute Gasteiger partial charge is 0.469 e. The fourth-order valence-corrected chi connectivity index (χ4v) is 2.80. The van der Waals surface area contributed by atoms with E-state index in [4.69, 9.17) is 14.2 Å². The maximum absolute atomic E-state index is 11.6. The number of methoxy groups -OCH3 is 1. The first-order chi connectivity index (χ1) is 8.97. The number of hydrogen-bond donors (Lipinski definition) is 1. The first kappa shape index (κ1) is 14.8. The molecule has 2 aliphatic rings. The average Bonchev–Trinajstić information content (AvgIpc) is 2.79. The SMILES string of the molecule is COC(=O)C(C)(C)COC1COC2(CCNCC2)C1. The quantitative estimate of drug-likeness (QED) is 0.776. The standard InChI is InChI=1S/C14H25NO4/c1-13(2,12(16)17-3)10-18-11-8-14(19-9-11)4-6-15-7-5-14/h11,15H,4-10H2,1-3H3. The van der Waals surface area contributed by atoms with Crippen molar-refractivity contribution >= 4 is 5.97 Å². The smallest absolute Gasteiger partial charge is 0.313 e. The molecule has 19 heavy (non-hydrogen) atoms. The molecule has 1 N–H and O–H groups in total. The van der Waals surface area contributed by atoms with E-state index in [-0.39, 0.29) is 17.7 Å². The van der Waals surface area contributed by atoms with Crippen LogP contribution in [-0.2, 0) is 19.0 Å². The van der Waals surface area contributed by atoms with Crippen molar-refractivity contribution in [2.24, 2.45) is 5.41 Å². The van der Waals surface area contributed by atoms with Gasteiger partial charge in [-0.15, -0.1) is 0 Å². The van der Waals surface area contributed by atoms with E-state index < -0.39 is 5.41 Å². The Morgan fingerprint density at radius 3 is 2.74 bits per heavy atom. The van der Waals surface area contributed by atoms with Gasteiger partial charge in [0.25, 0.3) is 0 Å². The van der Waals surface area contributed by atoms with Crippen LogP contribution in [0.5, 0.6) is 0 Å². The minimum absolute atomic E-state index is 0.00528. The lowest BCUT2D eigenvalue weighted by Gasteiger charge is -2.32. The number of carbonyl (C=O) groups excluding carboxylic acids is 1. The van der Waals surface area contributed by atoms with E-state index in [9.17, 15) is 4.79 Å². The Bertz CT molecular complexity index is 323. The van der Waals surface area contributed by atoms with Crippen LogP contribution in [0.4, 0.5) is 0 Å². The Balaban J connectivity index is 1.80. The topological polar surface area (TPSA) is 56.8 Å². The van der Waals surface area contributed by atoms with Gasteiger partial charge in [0.15, 0.2) is 0 Å². The number of ether oxygens (including phenoxy) is 3. The Labute approximate surface area is 115 Å². The van der Waals surface area contributed by atoms with Gasteiger partial charge in [-0.1, -0.05) is 0 Å². The molecular weight excluding hydrogens is 246 g/mol. The van der Waals surface area contributed by atoms with Gasteiger partial charge in [-0.05, 0) is 39.8 Å². The van der Waals surface area contributed by atoms with Gasteiger partial charge >= 0.3 is 5.97 Å². The zero-order valence-electron chi connectivity index (χ0n) is 12.2. The maximum atomic E-state index is 11.6. The van der Waals surface area contributed by atoms with Crippen molar-refractivity contribution in [3.8, 4) is 0 Å². The lowest BCUT2D eigenvalue weighted by atomic mass is 9.89. The van der Waals surface area contributed by atoms with Gasteiger partial charge in [0, 0.05) is 6.42 Å². The van der Waals surface area contributed by atoms with Crippen molar-refractivity contribution in [2.75, 3.05) is 33.4 Å². The van der Waals surface area contributed by atoms with Crippen LogP contribution in [0.2, 0.25) is 0 Å². The highest BCUT2D eigenvalue weighted by Crippen LogP contribution is 2.35. The van der Waals surface area contributed by atoms with Crippen LogP contribution >= 0.6 is 0 Å². The fourth-order valence-electron chi connectivity index (χ4n) is 2.80. The summed E-state index contributed by atoms with van der Waals surface area (Å²) >= 11 is 0. The molecule has 1 unspecified atom stereocenters. The summed E-state index contributed by atoms with van der Waals surface area (Å²) in [5.74, 6) is -0.233. The molecule has 0 aliphatic carbocycles. The minimum Gasteiger partial charge on any atom is -0.469 e. The van der Waals surface area contributed by atoms with E-state index in [1.54, 1.807) is 0 Å². The minimum atomic E-state index is -0.599. The van der Waals surface area contributed by atoms with Crippen molar-refractivity contribution < 1.29 is 19.0 Å². The molecule has 2 heterocycles. The van der Waals surface area contributed by atoms with Crippen LogP contribution in [0, 0.1) is 5.41 Å². The lowest BCUT2D eigenvalue weighted by Crippen LogP contribution is -2.41. The van der Waals surface area contributed by atoms with Gasteiger partial charge in [0.1, 0.15) is 0 Å². The third kappa shape index (κ3) is 3.46. The molecular formula is C14H25NO4. The summed E-state index contributed by atoms with van der Waals surface area (Å²) in [5, 5.41) is 3.35. The predicted molar refractivity (Wildman–Crippen MR) is 70.9 cm³/mol. The number of hydrogen-bond acceptors (Lipinski definition) is 5. The van der Waals surface area contributed by atoms with Gasteiger partial charge in [-0.3, -0.25) is 4.79 Å². The normalized spacial score (nSPS) is 26.6. The molecule has 2 rings (SSSR count). The van der Waals surface area contributed by atoms with Crippen molar-refractivity contribution in [3.05, 3.63) is 0 Å². The zero-order valence-corrected chi connectivity index (χ0v) is 12.2. The molecule has 2 fully saturated rings. The van der Waals surface area contributed by atoms with Crippen molar-refractivity contribution in [3.63, 3.8) is 0 Å². The van der Waals surface area contributed by atoms with E-state index in [1.807, 2.05) is 13.8 Å². The summed E-state index contributed by atoms with van der Waals surface area (Å²) in [6.07, 6.45) is 3.13. The summed E-state index contributed by atoms with van der Waals surface area (Å²) in [7, 11) is 1.41. The van der Waals surface area contributed by atoms with Crippen molar-refractivity contribution in [1.29, 1.82) is 0 Å². The average molecular weight is 271 g/mol. The van der Waals surface area contributed by atoms with Gasteiger partial charge in [-0.25, -0.2) is 0 Å². The van der Waals surface area contributed by atoms with E-state index >= 15 is 0 Å². The molecule has 1 spiro atoms. The molecule has 110 valence electrons. The molecule has 0 radical (unpaired) electrons. The van der Waals surface area contributed by atoms with Crippen LogP contribution in [-0.4, -0.2) is 51.1 Å². The third-order valence-electron chi connectivity index (χ3n) is 4.11. The second-order valence-electron chi connectivity index (χ2n) is 6.26. The Morgan fingerprint density at radius 2 is 2.11 bits per heavy atom. The van der Waals surface area contributed by atoms with Crippen LogP contribution in [0.25, 0.3) is 0 Å². The fraction of sp³-hybridized carbons (Fsp3) is 0.929. The molecule has 1 atom stereocenters. The molecule has 2 saturated heterocycles. The highest BCUT2D eigenvalue weighted by Gasteiger charge is 2.42. The molecule has 5 heteroatoms. The van der Waals surface area contributed by atoms with Gasteiger partial charge in [0.2, 0.25) is 0 Å². The Hall–Kier alpha value is -0.650. The van der Waals surface area contributed by atoms with Crippen molar-refractivity contribution in [1.82, 2.24) is 5.32 Å². The molecule has 0 aromatic heterocycles. The third-order valence-corrected chi connectivity index (χ3v) is 4.11. The molecule has 5 nitrogen and oxygen atoms in total. The number of carbonyl (C=O) groups is 1. The summed E-state index contributed by atoms with van der Waals surface area (Å²) in [6.45, 7) is 6.73. The van der Waals surface area contributed by atoms with Gasteiger partial charge in [0.05, 0.1) is 37.4 Å². The van der Waals surface area contributed by atoms with Gasteiger partial charge < -0.3 is 19.5 Å². The number of nitrogens with one attached hydrogen (secondary N) is 1. The summed E-state index contributed by atoms with van der Waals surface area (Å²) in [4.78, 5) is 11.6. The van der Waals surface area contributed by atoms with E-state index in [0.717, 1.165) is 32.4 Å². The predicted octanol–water partition coefficient (Wildman–Crippen LogP) is 1.11. The highest BCUT2D eigenvalue weighted by molar-refractivity contribution is 5.75. The van der Waals surface area contributed by atoms with Crippen LogP contribution in [0.3, 0.4) is 0 Å². The van der Waals surface area contributed by atoms with Crippen molar-refractivity contribution in [2.45, 2.75) is 44.8 Å². The van der Waals surface area contributed by atoms with E-state index in [0.29, 0.717) is 13.2 Å². The zero-order chi connectivity index (χ0) is 13.9. The Morgan fingerprint density at radius 1 is 1.42 bits per heavy atom. The molecule has 0 aromatic rings. The lowest BCUT2D eigenvalue weighted by molar-refractivity contribution is -0.155. The van der Waals surface area contributed by atoms with Crippen LogP contribution in [0.15, 0.2) is 0 Å². The monoisotopic (exact) mass is 271 g/mol. The summed E-state index contributed by atoms with van der Waals surface area (Å²) in [6, 6.07) is 0. The highest BCUT2D eigenvalue weighted by atomic mass is 16.6. The number of piperidine rings is 1. The Kier molecular flexibility index (Phi) is 4.48. The second kappa shape index (κ2) is 5.77. The van der Waals surface area contributed by atoms with Crippen LogP contribution in [0.1, 0.15) is 33.1 Å². The molecule has 0 aromatic carbocycles. The maximum Gasteiger partial charge on any atom is 0.313 e. The molecule has 0 bridgehead atoms. The summed E-state index contributed by atoms with van der Waals surface area (Å²) in [5.41, 5.74) is -0.593. The molecule has 0 saturated carbocycles. The molecule has 0 amide bonds. The summed E-state index contributed by atoms with van der Waals surface area (Å²) < 4.78 is 16.6. The first-order valence-corrected chi connectivity index (χ1v) is 7.02.